The topological polar surface area (TPSA) is 49.4 Å². The molecule has 0 spiro atoms. The van der Waals surface area contributed by atoms with Gasteiger partial charge in [-0.25, -0.2) is 0 Å². The van der Waals surface area contributed by atoms with Crippen molar-refractivity contribution >= 4 is 46.8 Å². The van der Waals surface area contributed by atoms with E-state index in [9.17, 15) is 9.59 Å². The second-order valence-electron chi connectivity index (χ2n) is 8.70. The van der Waals surface area contributed by atoms with Crippen LogP contribution >= 0.6 is 35.0 Å². The maximum absolute atomic E-state index is 13.7. The summed E-state index contributed by atoms with van der Waals surface area (Å²) < 4.78 is 0. The van der Waals surface area contributed by atoms with Crippen molar-refractivity contribution in [2.45, 2.75) is 45.0 Å². The molecule has 2 amide bonds. The van der Waals surface area contributed by atoms with Crippen LogP contribution in [0, 0.1) is 6.92 Å². The molecule has 0 radical (unpaired) electrons. The predicted octanol–water partition coefficient (Wildman–Crippen LogP) is 6.70. The molecule has 0 bridgehead atoms. The number of nitrogens with zero attached hydrogens (tertiary/aromatic N) is 1. The van der Waals surface area contributed by atoms with Crippen LogP contribution in [0.1, 0.15) is 35.6 Å². The lowest BCUT2D eigenvalue weighted by Gasteiger charge is -2.32. The van der Waals surface area contributed by atoms with E-state index in [1.54, 1.807) is 23.1 Å². The van der Waals surface area contributed by atoms with E-state index < -0.39 is 6.04 Å². The quantitative estimate of drug-likeness (QED) is 0.277. The summed E-state index contributed by atoms with van der Waals surface area (Å²) in [4.78, 5) is 28.7. The van der Waals surface area contributed by atoms with Crippen molar-refractivity contribution in [3.05, 3.63) is 105 Å². The van der Waals surface area contributed by atoms with Crippen LogP contribution in [0.5, 0.6) is 0 Å². The van der Waals surface area contributed by atoms with Gasteiger partial charge in [-0.2, -0.15) is 0 Å². The van der Waals surface area contributed by atoms with Crippen LogP contribution in [0.3, 0.4) is 0 Å². The Balaban J connectivity index is 1.88. The van der Waals surface area contributed by atoms with Crippen LogP contribution in [0.2, 0.25) is 10.0 Å². The lowest BCUT2D eigenvalue weighted by atomic mass is 10.0. The molecular formula is C29H32Cl2N2O2S. The fourth-order valence-corrected chi connectivity index (χ4v) is 5.29. The van der Waals surface area contributed by atoms with E-state index >= 15 is 0 Å². The monoisotopic (exact) mass is 542 g/mol. The second kappa shape index (κ2) is 14.3. The summed E-state index contributed by atoms with van der Waals surface area (Å²) in [6.07, 6.45) is 1.20. The van der Waals surface area contributed by atoms with Crippen molar-refractivity contribution < 1.29 is 9.59 Å². The first kappa shape index (κ1) is 28.1. The molecular weight excluding hydrogens is 511 g/mol. The summed E-state index contributed by atoms with van der Waals surface area (Å²) in [5.74, 6) is 0.638. The van der Waals surface area contributed by atoms with E-state index in [0.717, 1.165) is 17.5 Å². The van der Waals surface area contributed by atoms with Crippen molar-refractivity contribution in [2.75, 3.05) is 12.3 Å². The third-order valence-electron chi connectivity index (χ3n) is 5.79. The average Bonchev–Trinajstić information content (AvgIpc) is 2.86. The van der Waals surface area contributed by atoms with Gasteiger partial charge in [0.15, 0.2) is 0 Å². The Bertz CT molecular complexity index is 1140. The number of benzene rings is 3. The minimum atomic E-state index is -0.696. The van der Waals surface area contributed by atoms with E-state index in [-0.39, 0.29) is 24.1 Å². The van der Waals surface area contributed by atoms with Crippen LogP contribution < -0.4 is 5.32 Å². The number of nitrogens with one attached hydrogen (secondary N) is 1. The van der Waals surface area contributed by atoms with Crippen molar-refractivity contribution in [3.63, 3.8) is 0 Å². The van der Waals surface area contributed by atoms with E-state index in [1.807, 2.05) is 43.3 Å². The molecule has 0 unspecified atom stereocenters. The maximum atomic E-state index is 13.7. The van der Waals surface area contributed by atoms with Gasteiger partial charge in [0, 0.05) is 40.9 Å². The third-order valence-corrected chi connectivity index (χ3v) is 7.48. The number of thioether (sulfide) groups is 1. The number of hydrogen-bond donors (Lipinski definition) is 1. The molecule has 0 aliphatic carbocycles. The molecule has 7 heteroatoms. The number of aryl methyl sites for hydroxylation is 1. The molecule has 3 aromatic rings. The van der Waals surface area contributed by atoms with Gasteiger partial charge in [0.2, 0.25) is 11.8 Å². The Kier molecular flexibility index (Phi) is 11.2. The number of rotatable bonds is 12. The first-order chi connectivity index (χ1) is 17.4. The number of carbonyl (C=O) groups excluding carboxylic acids is 2. The Labute approximate surface area is 228 Å². The molecule has 190 valence electrons. The Morgan fingerprint density at radius 2 is 1.61 bits per heavy atom. The number of amides is 2. The van der Waals surface area contributed by atoms with Crippen LogP contribution in [0.4, 0.5) is 0 Å². The zero-order valence-corrected chi connectivity index (χ0v) is 23.0. The molecule has 4 nitrogen and oxygen atoms in total. The molecule has 0 aliphatic rings. The van der Waals surface area contributed by atoms with Crippen LogP contribution in [-0.2, 0) is 28.3 Å². The van der Waals surface area contributed by atoms with Crippen molar-refractivity contribution in [2.24, 2.45) is 0 Å². The molecule has 0 saturated heterocycles. The van der Waals surface area contributed by atoms with E-state index in [0.29, 0.717) is 34.3 Å². The molecule has 0 saturated carbocycles. The number of carbonyl (C=O) groups is 2. The van der Waals surface area contributed by atoms with Gasteiger partial charge in [0.1, 0.15) is 6.04 Å². The van der Waals surface area contributed by atoms with Gasteiger partial charge in [0.05, 0.1) is 5.75 Å². The van der Waals surface area contributed by atoms with Crippen molar-refractivity contribution in [1.29, 1.82) is 0 Å². The SMILES string of the molecule is CCCNC(=O)[C@@H](Cc1ccccc1)N(Cc1c(Cl)cccc1Cl)C(=O)CSCc1cccc(C)c1. The standard InChI is InChI=1S/C29H32Cl2N2O2S/c1-3-15-32-29(35)27(17-22-10-5-4-6-11-22)33(18-24-25(30)13-8-14-26(24)31)28(34)20-36-19-23-12-7-9-21(2)16-23/h4-14,16,27H,3,15,17-20H2,1-2H3,(H,32,35)/t27-/m1/s1. The molecule has 0 heterocycles. The molecule has 1 N–H and O–H groups in total. The van der Waals surface area contributed by atoms with Gasteiger partial charge in [0.25, 0.3) is 0 Å². The van der Waals surface area contributed by atoms with Gasteiger partial charge < -0.3 is 10.2 Å². The van der Waals surface area contributed by atoms with E-state index in [1.165, 1.54) is 17.3 Å². The first-order valence-corrected chi connectivity index (χ1v) is 14.0. The van der Waals surface area contributed by atoms with Gasteiger partial charge in [-0.15, -0.1) is 11.8 Å². The lowest BCUT2D eigenvalue weighted by molar-refractivity contribution is -0.139. The smallest absolute Gasteiger partial charge is 0.243 e. The number of halogens is 2. The summed E-state index contributed by atoms with van der Waals surface area (Å²) in [7, 11) is 0. The first-order valence-electron chi connectivity index (χ1n) is 12.1. The Hall–Kier alpha value is -2.47. The van der Waals surface area contributed by atoms with Crippen molar-refractivity contribution in [3.8, 4) is 0 Å². The Morgan fingerprint density at radius 1 is 0.944 bits per heavy atom. The largest absolute Gasteiger partial charge is 0.354 e. The maximum Gasteiger partial charge on any atom is 0.243 e. The molecule has 1 atom stereocenters. The highest BCUT2D eigenvalue weighted by Gasteiger charge is 2.31. The Morgan fingerprint density at radius 3 is 2.28 bits per heavy atom. The molecule has 0 aromatic heterocycles. The second-order valence-corrected chi connectivity index (χ2v) is 10.5. The van der Waals surface area contributed by atoms with Gasteiger partial charge in [-0.05, 0) is 36.6 Å². The molecule has 3 aromatic carbocycles. The molecule has 0 aliphatic heterocycles. The third kappa shape index (κ3) is 8.29. The lowest BCUT2D eigenvalue weighted by Crippen LogP contribution is -2.51. The van der Waals surface area contributed by atoms with E-state index in [2.05, 4.69) is 30.4 Å². The number of hydrogen-bond acceptors (Lipinski definition) is 3. The highest BCUT2D eigenvalue weighted by atomic mass is 35.5. The highest BCUT2D eigenvalue weighted by molar-refractivity contribution is 7.99. The summed E-state index contributed by atoms with van der Waals surface area (Å²) in [6, 6.07) is 22.6. The normalized spacial score (nSPS) is 11.7. The fourth-order valence-electron chi connectivity index (χ4n) is 3.91. The molecule has 0 fully saturated rings. The minimum absolute atomic E-state index is 0.129. The van der Waals surface area contributed by atoms with Crippen LogP contribution in [0.25, 0.3) is 0 Å². The van der Waals surface area contributed by atoms with Gasteiger partial charge >= 0.3 is 0 Å². The van der Waals surface area contributed by atoms with Crippen molar-refractivity contribution in [1.82, 2.24) is 10.2 Å². The highest BCUT2D eigenvalue weighted by Crippen LogP contribution is 2.28. The van der Waals surface area contributed by atoms with Gasteiger partial charge in [-0.3, -0.25) is 9.59 Å². The summed E-state index contributed by atoms with van der Waals surface area (Å²) in [5, 5.41) is 3.93. The fraction of sp³-hybridized carbons (Fsp3) is 0.310. The predicted molar refractivity (Wildman–Crippen MR) is 152 cm³/mol. The minimum Gasteiger partial charge on any atom is -0.354 e. The average molecular weight is 544 g/mol. The summed E-state index contributed by atoms with van der Waals surface area (Å²) in [6.45, 7) is 4.75. The van der Waals surface area contributed by atoms with Crippen LogP contribution in [-0.4, -0.2) is 35.1 Å². The molecule has 36 heavy (non-hydrogen) atoms. The van der Waals surface area contributed by atoms with E-state index in [4.69, 9.17) is 23.2 Å². The molecule has 3 rings (SSSR count). The summed E-state index contributed by atoms with van der Waals surface area (Å²) in [5.41, 5.74) is 3.96. The zero-order valence-electron chi connectivity index (χ0n) is 20.7. The van der Waals surface area contributed by atoms with Gasteiger partial charge in [-0.1, -0.05) is 96.4 Å². The summed E-state index contributed by atoms with van der Waals surface area (Å²) >= 11 is 14.5. The van der Waals surface area contributed by atoms with Crippen LogP contribution in [0.15, 0.2) is 72.8 Å². The zero-order chi connectivity index (χ0) is 25.9.